The van der Waals surface area contributed by atoms with Crippen molar-refractivity contribution in [3.8, 4) is 0 Å². The van der Waals surface area contributed by atoms with Crippen molar-refractivity contribution in [1.82, 2.24) is 60.9 Å². The second-order valence-electron chi connectivity index (χ2n) is 17.8. The van der Waals surface area contributed by atoms with Gasteiger partial charge < -0.3 is 60.8 Å². The number of carbonyl (C=O) groups is 8. The van der Waals surface area contributed by atoms with E-state index in [4.69, 9.17) is 14.6 Å². The number of carboxylic acids is 1. The molecule has 64 heavy (non-hydrogen) atoms. The Balaban J connectivity index is 0.000000309. The van der Waals surface area contributed by atoms with Crippen LogP contribution in [0.15, 0.2) is 0 Å². The third kappa shape index (κ3) is 22.7. The highest BCUT2D eigenvalue weighted by Crippen LogP contribution is 2.13. The van der Waals surface area contributed by atoms with Gasteiger partial charge in [0.05, 0.1) is 39.3 Å². The summed E-state index contributed by atoms with van der Waals surface area (Å²) in [6.07, 6.45) is -0.636. The van der Waals surface area contributed by atoms with Crippen LogP contribution in [0.5, 0.6) is 0 Å². The molecule has 6 aliphatic heterocycles. The third-order valence-electron chi connectivity index (χ3n) is 10.0. The van der Waals surface area contributed by atoms with Crippen LogP contribution in [0, 0.1) is 0 Å². The van der Waals surface area contributed by atoms with Crippen LogP contribution in [0.2, 0.25) is 0 Å². The van der Waals surface area contributed by atoms with Crippen molar-refractivity contribution in [2.45, 2.75) is 60.2 Å². The molecule has 0 atom stereocenters. The zero-order chi connectivity index (χ0) is 46.6. The quantitative estimate of drug-likeness (QED) is 0.159. The number of carbonyl (C=O) groups excluding carboxylic acids is 7. The number of piperazine rings is 6. The number of nitrogens with zero attached hydrogens (tertiary/aromatic N) is 7. The first-order chi connectivity index (χ1) is 29.7. The predicted molar refractivity (Wildman–Crippen MR) is 237 cm³/mol. The normalized spacial score (nSPS) is 20.1. The molecule has 6 saturated heterocycles. The molecule has 0 aromatic carbocycles. The fraction of sp³-hybridized carbons (Fsp3) is 0.805. The molecule has 6 rings (SSSR count). The number of ether oxygens (including phenoxy) is 2. The molecule has 0 radical (unpaired) electrons. The van der Waals surface area contributed by atoms with E-state index in [9.17, 15) is 38.4 Å². The standard InChI is InChI=1S/C15H26N4O4.C11H20N2O4.C10H18N4O2.C4H8N2O.CH4/c1-15(2,3)23-14(22)18-8-6-17(7-9-18)11-13(21)19-5-4-16-12(20)10-19;1-11(2,3)17-10(16)13-6-4-12(5-7-13)8-9(14)15;15-9-7-14(6-3-12-9)10(16)8-13-4-1-11-2-5-13;7-4-3-5-1-2-6-4;/h4-11H2,1-3H3,(H,16,20);4-8H2,1-3H3,(H,14,15);11H,1-8H2,(H,12,15);5H,1-3H2,(H,6,7);1H4. The lowest BCUT2D eigenvalue weighted by Crippen LogP contribution is -2.55. The molecule has 7 amide bonds. The minimum absolute atomic E-state index is 0. The van der Waals surface area contributed by atoms with Gasteiger partial charge in [0.1, 0.15) is 11.2 Å². The lowest BCUT2D eigenvalue weighted by molar-refractivity contribution is -0.139. The largest absolute Gasteiger partial charge is 0.480 e. The molecule has 0 saturated carbocycles. The fourth-order valence-electron chi connectivity index (χ4n) is 6.73. The Kier molecular flexibility index (Phi) is 23.7. The number of hydrogen-bond donors (Lipinski definition) is 6. The lowest BCUT2D eigenvalue weighted by atomic mass is 10.2. The second kappa shape index (κ2) is 27.5. The molecule has 6 fully saturated rings. The predicted octanol–water partition coefficient (Wildman–Crippen LogP) is -2.69. The van der Waals surface area contributed by atoms with E-state index >= 15 is 0 Å². The van der Waals surface area contributed by atoms with Gasteiger partial charge in [0.15, 0.2) is 0 Å². The topological polar surface area (TPSA) is 258 Å². The first-order valence-corrected chi connectivity index (χ1v) is 21.8. The van der Waals surface area contributed by atoms with Crippen LogP contribution in [-0.2, 0) is 38.2 Å². The number of rotatable bonds is 6. The molecule has 0 aliphatic carbocycles. The Labute approximate surface area is 378 Å². The van der Waals surface area contributed by atoms with Crippen LogP contribution in [0.25, 0.3) is 0 Å². The van der Waals surface area contributed by atoms with Crippen molar-refractivity contribution >= 4 is 47.7 Å². The molecule has 6 heterocycles. The molecule has 0 spiro atoms. The Morgan fingerprint density at radius 2 is 0.875 bits per heavy atom. The van der Waals surface area contributed by atoms with Gasteiger partial charge >= 0.3 is 18.2 Å². The number of carboxylic acid groups (broad SMARTS) is 1. The van der Waals surface area contributed by atoms with Crippen molar-refractivity contribution in [2.24, 2.45) is 0 Å². The van der Waals surface area contributed by atoms with Gasteiger partial charge in [0.25, 0.3) is 0 Å². The van der Waals surface area contributed by atoms with Gasteiger partial charge in [-0.3, -0.25) is 43.5 Å². The smallest absolute Gasteiger partial charge is 0.410 e. The van der Waals surface area contributed by atoms with Crippen LogP contribution in [-0.4, -0.2) is 255 Å². The van der Waals surface area contributed by atoms with E-state index in [0.717, 1.165) is 39.3 Å². The monoisotopic (exact) mass is 913 g/mol. The molecule has 6 aliphatic rings. The number of amides is 7. The van der Waals surface area contributed by atoms with E-state index < -0.39 is 17.2 Å². The molecule has 23 heteroatoms. The number of aliphatic carboxylic acids is 1. The Bertz CT molecular complexity index is 1530. The SMILES string of the molecule is C.CC(C)(C)OC(=O)N1CCN(CC(=O)N2CCNC(=O)C2)CC1.CC(C)(C)OC(=O)N1CCN(CC(=O)O)CC1.O=C1CN(C(=O)CN2CCNCC2)CCN1.O=C1CNCCN1. The molecule has 0 bridgehead atoms. The minimum Gasteiger partial charge on any atom is -0.480 e. The Hall–Kier alpha value is -4.84. The van der Waals surface area contributed by atoms with Crippen molar-refractivity contribution in [3.63, 3.8) is 0 Å². The lowest BCUT2D eigenvalue weighted by Gasteiger charge is -2.36. The van der Waals surface area contributed by atoms with Gasteiger partial charge in [-0.05, 0) is 41.5 Å². The average molecular weight is 913 g/mol. The summed E-state index contributed by atoms with van der Waals surface area (Å²) in [5.74, 6) is -0.872. The van der Waals surface area contributed by atoms with Gasteiger partial charge in [-0.25, -0.2) is 9.59 Å². The minimum atomic E-state index is -0.837. The summed E-state index contributed by atoms with van der Waals surface area (Å²) in [5.41, 5.74) is -0.992. The van der Waals surface area contributed by atoms with E-state index in [1.165, 1.54) is 0 Å². The number of hydrogen-bond acceptors (Lipinski definition) is 15. The highest BCUT2D eigenvalue weighted by molar-refractivity contribution is 5.87. The van der Waals surface area contributed by atoms with E-state index in [0.29, 0.717) is 91.6 Å². The van der Waals surface area contributed by atoms with Gasteiger partial charge in [-0.15, -0.1) is 0 Å². The van der Waals surface area contributed by atoms with Crippen molar-refractivity contribution in [2.75, 3.05) is 157 Å². The van der Waals surface area contributed by atoms with E-state index in [1.54, 1.807) is 19.6 Å². The molecule has 0 unspecified atom stereocenters. The molecule has 0 aromatic rings. The van der Waals surface area contributed by atoms with Crippen molar-refractivity contribution in [1.29, 1.82) is 0 Å². The van der Waals surface area contributed by atoms with Crippen molar-refractivity contribution in [3.05, 3.63) is 0 Å². The summed E-state index contributed by atoms with van der Waals surface area (Å²) in [4.78, 5) is 104. The van der Waals surface area contributed by atoms with Crippen LogP contribution in [0.3, 0.4) is 0 Å². The molecule has 0 aromatic heterocycles. The maximum absolute atomic E-state index is 12.2. The van der Waals surface area contributed by atoms with Crippen LogP contribution < -0.4 is 26.6 Å². The fourth-order valence-corrected chi connectivity index (χ4v) is 6.73. The summed E-state index contributed by atoms with van der Waals surface area (Å²) in [6.45, 7) is 24.8. The van der Waals surface area contributed by atoms with Crippen LogP contribution in [0.1, 0.15) is 49.0 Å². The summed E-state index contributed by atoms with van der Waals surface area (Å²) >= 11 is 0. The molecule has 6 N–H and O–H groups in total. The van der Waals surface area contributed by atoms with Gasteiger partial charge in [0, 0.05) is 118 Å². The van der Waals surface area contributed by atoms with Crippen molar-refractivity contribution < 1.29 is 52.9 Å². The third-order valence-corrected chi connectivity index (χ3v) is 10.0. The summed E-state index contributed by atoms with van der Waals surface area (Å²) in [6, 6.07) is 0. The maximum atomic E-state index is 12.2. The van der Waals surface area contributed by atoms with Gasteiger partial charge in [-0.2, -0.15) is 0 Å². The van der Waals surface area contributed by atoms with Crippen LogP contribution >= 0.6 is 0 Å². The highest BCUT2D eigenvalue weighted by atomic mass is 16.6. The first-order valence-electron chi connectivity index (χ1n) is 21.8. The van der Waals surface area contributed by atoms with Gasteiger partial charge in [-0.1, -0.05) is 7.43 Å². The molecular formula is C41H76N12O11. The molecule has 23 nitrogen and oxygen atoms in total. The summed E-state index contributed by atoms with van der Waals surface area (Å²) in [7, 11) is 0. The Morgan fingerprint density at radius 3 is 1.20 bits per heavy atom. The molecule has 366 valence electrons. The average Bonchev–Trinajstić information content (AvgIpc) is 3.21. The first kappa shape index (κ1) is 55.3. The summed E-state index contributed by atoms with van der Waals surface area (Å²) < 4.78 is 10.6. The van der Waals surface area contributed by atoms with Crippen LogP contribution in [0.4, 0.5) is 9.59 Å². The van der Waals surface area contributed by atoms with E-state index in [2.05, 4.69) is 31.5 Å². The highest BCUT2D eigenvalue weighted by Gasteiger charge is 2.30. The molecular weight excluding hydrogens is 837 g/mol. The Morgan fingerprint density at radius 1 is 0.484 bits per heavy atom. The zero-order valence-electron chi connectivity index (χ0n) is 38.1. The maximum Gasteiger partial charge on any atom is 0.410 e. The second-order valence-corrected chi connectivity index (χ2v) is 17.8. The summed E-state index contributed by atoms with van der Waals surface area (Å²) in [5, 5.41) is 22.9. The van der Waals surface area contributed by atoms with E-state index in [1.807, 2.05) is 51.3 Å². The van der Waals surface area contributed by atoms with E-state index in [-0.39, 0.29) is 75.3 Å². The number of nitrogens with one attached hydrogen (secondary N) is 5. The zero-order valence-corrected chi connectivity index (χ0v) is 38.1. The van der Waals surface area contributed by atoms with Gasteiger partial charge in [0.2, 0.25) is 29.5 Å².